The van der Waals surface area contributed by atoms with Gasteiger partial charge < -0.3 is 18.9 Å². The van der Waals surface area contributed by atoms with E-state index in [2.05, 4.69) is 9.97 Å². The Morgan fingerprint density at radius 2 is 2.24 bits per heavy atom. The molecule has 126 valence electrons. The summed E-state index contributed by atoms with van der Waals surface area (Å²) in [7, 11) is 0. The number of aromatic carboxylic acids is 1. The molecule has 0 radical (unpaired) electrons. The number of hydrogen-bond acceptors (Lipinski definition) is 7. The maximum Gasteiger partial charge on any atom is 0.371 e. The Morgan fingerprint density at radius 3 is 2.96 bits per heavy atom. The number of thioether (sulfide) groups is 1. The highest BCUT2D eigenvalue weighted by Gasteiger charge is 2.15. The number of aromatic amines is 1. The third kappa shape index (κ3) is 2.99. The fourth-order valence-electron chi connectivity index (χ4n) is 2.32. The fraction of sp³-hybridized carbons (Fsp3) is 0.0625. The van der Waals surface area contributed by atoms with Crippen LogP contribution < -0.4 is 5.56 Å². The fourth-order valence-corrected chi connectivity index (χ4v) is 4.06. The number of hydrogen-bond donors (Lipinski definition) is 2. The first-order chi connectivity index (χ1) is 12.1. The Bertz CT molecular complexity index is 1110. The van der Waals surface area contributed by atoms with E-state index in [9.17, 15) is 9.59 Å². The van der Waals surface area contributed by atoms with E-state index in [1.54, 1.807) is 24.5 Å². The van der Waals surface area contributed by atoms with Crippen molar-refractivity contribution in [2.45, 2.75) is 10.9 Å². The van der Waals surface area contributed by atoms with Crippen LogP contribution in [0.15, 0.2) is 54.7 Å². The van der Waals surface area contributed by atoms with Crippen molar-refractivity contribution in [2.24, 2.45) is 0 Å². The number of aromatic nitrogens is 2. The molecule has 0 spiro atoms. The Labute approximate surface area is 148 Å². The molecule has 9 heteroatoms. The van der Waals surface area contributed by atoms with Crippen LogP contribution in [0.2, 0.25) is 0 Å². The standard InChI is InChI=1S/C16H10N2O5S2/c19-13-12-9(10-2-1-5-22-10)7-24-14(12)18-16(17-13)25-6-8-3-4-11(23-8)15(20)21/h1-5,7H,6H2,(H,20,21)(H,17,18,19). The number of thiophene rings is 1. The Morgan fingerprint density at radius 1 is 1.36 bits per heavy atom. The van der Waals surface area contributed by atoms with Gasteiger partial charge in [-0.05, 0) is 24.3 Å². The van der Waals surface area contributed by atoms with Crippen LogP contribution in [0.4, 0.5) is 0 Å². The maximum atomic E-state index is 12.4. The molecule has 0 saturated heterocycles. The zero-order chi connectivity index (χ0) is 17.4. The zero-order valence-corrected chi connectivity index (χ0v) is 14.1. The molecule has 0 aliphatic heterocycles. The maximum absolute atomic E-state index is 12.4. The quantitative estimate of drug-likeness (QED) is 0.403. The SMILES string of the molecule is O=C(O)c1ccc(CSc2nc3scc(-c4ccco4)c3c(=O)[nH]2)o1. The number of furan rings is 2. The lowest BCUT2D eigenvalue weighted by molar-refractivity contribution is 0.0661. The second-order valence-corrected chi connectivity index (χ2v) is 6.86. The summed E-state index contributed by atoms with van der Waals surface area (Å²) in [4.78, 5) is 31.1. The van der Waals surface area contributed by atoms with Crippen LogP contribution in [0.1, 0.15) is 16.3 Å². The molecule has 0 unspecified atom stereocenters. The summed E-state index contributed by atoms with van der Waals surface area (Å²) in [6.45, 7) is 0. The van der Waals surface area contributed by atoms with Crippen molar-refractivity contribution in [3.05, 3.63) is 57.8 Å². The Balaban J connectivity index is 1.61. The molecule has 4 aromatic rings. The van der Waals surface area contributed by atoms with Gasteiger partial charge >= 0.3 is 5.97 Å². The first-order valence-electron chi connectivity index (χ1n) is 7.12. The van der Waals surface area contributed by atoms with Crippen molar-refractivity contribution in [3.8, 4) is 11.3 Å². The number of carbonyl (C=O) groups is 1. The number of nitrogens with zero attached hydrogens (tertiary/aromatic N) is 1. The number of nitrogens with one attached hydrogen (secondary N) is 1. The van der Waals surface area contributed by atoms with Gasteiger partial charge in [0.2, 0.25) is 5.76 Å². The smallest absolute Gasteiger partial charge is 0.371 e. The number of rotatable bonds is 5. The van der Waals surface area contributed by atoms with E-state index in [0.29, 0.717) is 38.2 Å². The Hall–Kier alpha value is -2.78. The number of carboxylic acids is 1. The second kappa shape index (κ2) is 6.26. The van der Waals surface area contributed by atoms with E-state index in [-0.39, 0.29) is 11.3 Å². The van der Waals surface area contributed by atoms with E-state index < -0.39 is 5.97 Å². The number of carboxylic acid groups (broad SMARTS) is 1. The minimum atomic E-state index is -1.12. The third-order valence-electron chi connectivity index (χ3n) is 3.43. The van der Waals surface area contributed by atoms with Crippen molar-refractivity contribution in [1.82, 2.24) is 9.97 Å². The van der Waals surface area contributed by atoms with Crippen molar-refractivity contribution >= 4 is 39.3 Å². The average Bonchev–Trinajstić information content (AvgIpc) is 3.32. The molecule has 25 heavy (non-hydrogen) atoms. The lowest BCUT2D eigenvalue weighted by Gasteiger charge is -2.00. The van der Waals surface area contributed by atoms with E-state index in [1.807, 2.05) is 5.38 Å². The predicted octanol–water partition coefficient (Wildman–Crippen LogP) is 3.83. The highest BCUT2D eigenvalue weighted by molar-refractivity contribution is 7.98. The summed E-state index contributed by atoms with van der Waals surface area (Å²) >= 11 is 2.63. The van der Waals surface area contributed by atoms with E-state index in [1.165, 1.54) is 29.2 Å². The Kier molecular flexibility index (Phi) is 3.94. The highest BCUT2D eigenvalue weighted by atomic mass is 32.2. The van der Waals surface area contributed by atoms with Crippen molar-refractivity contribution in [1.29, 1.82) is 0 Å². The van der Waals surface area contributed by atoms with Crippen LogP contribution in [0, 0.1) is 0 Å². The highest BCUT2D eigenvalue weighted by Crippen LogP contribution is 2.32. The lowest BCUT2D eigenvalue weighted by Crippen LogP contribution is -2.08. The van der Waals surface area contributed by atoms with Gasteiger partial charge in [0.1, 0.15) is 16.4 Å². The van der Waals surface area contributed by atoms with Gasteiger partial charge in [-0.3, -0.25) is 4.79 Å². The predicted molar refractivity (Wildman–Crippen MR) is 93.2 cm³/mol. The van der Waals surface area contributed by atoms with Gasteiger partial charge in [-0.2, -0.15) is 0 Å². The number of H-pyrrole nitrogens is 1. The van der Waals surface area contributed by atoms with Gasteiger partial charge in [0.25, 0.3) is 5.56 Å². The average molecular weight is 374 g/mol. The summed E-state index contributed by atoms with van der Waals surface area (Å²) in [6.07, 6.45) is 1.55. The lowest BCUT2D eigenvalue weighted by atomic mass is 10.2. The van der Waals surface area contributed by atoms with Crippen LogP contribution in [0.25, 0.3) is 21.5 Å². The summed E-state index contributed by atoms with van der Waals surface area (Å²) in [5.74, 6) is 0.239. The minimum absolute atomic E-state index is 0.117. The van der Waals surface area contributed by atoms with Gasteiger partial charge in [0.15, 0.2) is 5.16 Å². The largest absolute Gasteiger partial charge is 0.475 e. The van der Waals surface area contributed by atoms with Gasteiger partial charge in [-0.25, -0.2) is 9.78 Å². The molecule has 0 aliphatic carbocycles. The van der Waals surface area contributed by atoms with E-state index >= 15 is 0 Å². The molecule has 7 nitrogen and oxygen atoms in total. The molecule has 0 aromatic carbocycles. The summed E-state index contributed by atoms with van der Waals surface area (Å²) < 4.78 is 10.5. The zero-order valence-electron chi connectivity index (χ0n) is 12.5. The van der Waals surface area contributed by atoms with Crippen LogP contribution >= 0.6 is 23.1 Å². The molecule has 4 heterocycles. The first-order valence-corrected chi connectivity index (χ1v) is 8.98. The monoisotopic (exact) mass is 374 g/mol. The van der Waals surface area contributed by atoms with Gasteiger partial charge in [-0.15, -0.1) is 11.3 Å². The third-order valence-corrected chi connectivity index (χ3v) is 5.20. The molecule has 0 saturated carbocycles. The van der Waals surface area contributed by atoms with Gasteiger partial charge in [0, 0.05) is 10.9 Å². The van der Waals surface area contributed by atoms with Crippen molar-refractivity contribution in [3.63, 3.8) is 0 Å². The molecule has 4 aromatic heterocycles. The summed E-state index contributed by atoms with van der Waals surface area (Å²) in [5, 5.41) is 11.6. The molecular formula is C16H10N2O5S2. The normalized spacial score (nSPS) is 11.2. The molecule has 0 amide bonds. The minimum Gasteiger partial charge on any atom is -0.475 e. The summed E-state index contributed by atoms with van der Waals surface area (Å²) in [5.41, 5.74) is 0.471. The summed E-state index contributed by atoms with van der Waals surface area (Å²) in [6, 6.07) is 6.54. The topological polar surface area (TPSA) is 109 Å². The van der Waals surface area contributed by atoms with Gasteiger partial charge in [0.05, 0.1) is 17.4 Å². The molecule has 0 bridgehead atoms. The van der Waals surface area contributed by atoms with Crippen LogP contribution in [-0.4, -0.2) is 21.0 Å². The van der Waals surface area contributed by atoms with E-state index in [0.717, 1.165) is 0 Å². The molecule has 4 rings (SSSR count). The number of fused-ring (bicyclic) bond motifs is 1. The molecule has 0 aliphatic rings. The molecular weight excluding hydrogens is 364 g/mol. The van der Waals surface area contributed by atoms with Crippen LogP contribution in [-0.2, 0) is 5.75 Å². The molecule has 0 atom stereocenters. The van der Waals surface area contributed by atoms with Gasteiger partial charge in [-0.1, -0.05) is 11.8 Å². The molecule has 2 N–H and O–H groups in total. The van der Waals surface area contributed by atoms with Crippen LogP contribution in [0.3, 0.4) is 0 Å². The van der Waals surface area contributed by atoms with E-state index in [4.69, 9.17) is 13.9 Å². The van der Waals surface area contributed by atoms with Crippen LogP contribution in [0.5, 0.6) is 0 Å². The second-order valence-electron chi connectivity index (χ2n) is 5.04. The molecule has 0 fully saturated rings. The van der Waals surface area contributed by atoms with Crippen molar-refractivity contribution in [2.75, 3.05) is 0 Å². The first kappa shape index (κ1) is 15.7. The van der Waals surface area contributed by atoms with Crippen molar-refractivity contribution < 1.29 is 18.7 Å².